The van der Waals surface area contributed by atoms with Gasteiger partial charge in [0, 0.05) is 37.1 Å². The quantitative estimate of drug-likeness (QED) is 0.553. The number of rotatable bonds is 4. The van der Waals surface area contributed by atoms with Gasteiger partial charge in [0.25, 0.3) is 0 Å². The van der Waals surface area contributed by atoms with E-state index in [1.807, 2.05) is 47.6 Å². The van der Waals surface area contributed by atoms with Gasteiger partial charge in [-0.05, 0) is 49.6 Å². The van der Waals surface area contributed by atoms with Gasteiger partial charge in [-0.15, -0.1) is 0 Å². The molecule has 0 amide bonds. The molecule has 0 radical (unpaired) electrons. The molecule has 158 valence electrons. The predicted octanol–water partition coefficient (Wildman–Crippen LogP) is 3.59. The molecule has 0 saturated carbocycles. The van der Waals surface area contributed by atoms with Crippen LogP contribution in [0.2, 0.25) is 0 Å². The van der Waals surface area contributed by atoms with Crippen LogP contribution in [0.4, 0.5) is 5.69 Å². The predicted molar refractivity (Wildman–Crippen MR) is 120 cm³/mol. The highest BCUT2D eigenvalue weighted by atomic mass is 16.3. The Hall–Kier alpha value is -3.45. The van der Waals surface area contributed by atoms with Gasteiger partial charge in [0.2, 0.25) is 0 Å². The summed E-state index contributed by atoms with van der Waals surface area (Å²) in [6.45, 7) is 1.88. The minimum atomic E-state index is -0.0672. The molecule has 7 heteroatoms. The number of para-hydroxylation sites is 1. The average Bonchev–Trinajstić information content (AvgIpc) is 3.39. The number of aryl methyl sites for hydroxylation is 3. The number of benzene rings is 2. The van der Waals surface area contributed by atoms with Gasteiger partial charge >= 0.3 is 0 Å². The highest BCUT2D eigenvalue weighted by Crippen LogP contribution is 2.37. The fourth-order valence-electron chi connectivity index (χ4n) is 4.49. The van der Waals surface area contributed by atoms with Gasteiger partial charge in [-0.1, -0.05) is 18.2 Å². The van der Waals surface area contributed by atoms with E-state index in [0.29, 0.717) is 5.82 Å². The van der Waals surface area contributed by atoms with Crippen LogP contribution < -0.4 is 4.90 Å². The second kappa shape index (κ2) is 7.67. The number of hydrogen-bond donors (Lipinski definition) is 1. The van der Waals surface area contributed by atoms with Crippen LogP contribution in [-0.4, -0.2) is 36.5 Å². The van der Waals surface area contributed by atoms with Crippen molar-refractivity contribution < 1.29 is 5.11 Å². The molecule has 0 saturated heterocycles. The summed E-state index contributed by atoms with van der Waals surface area (Å²) in [5.74, 6) is 1.62. The Morgan fingerprint density at radius 2 is 1.94 bits per heavy atom. The SMILES string of the molecule is Cc1cn(-c2ccc(-c3nc(C4CCc5ccccc5N4C)n(C)n3)cc2CO)cn1. The van der Waals surface area contributed by atoms with Gasteiger partial charge in [0.05, 0.1) is 30.4 Å². The van der Waals surface area contributed by atoms with Crippen molar-refractivity contribution >= 4 is 5.69 Å². The normalized spacial score (nSPS) is 15.9. The van der Waals surface area contributed by atoms with Gasteiger partial charge in [-0.25, -0.2) is 9.97 Å². The summed E-state index contributed by atoms with van der Waals surface area (Å²) in [5.41, 5.74) is 6.18. The molecule has 1 unspecified atom stereocenters. The smallest absolute Gasteiger partial charge is 0.181 e. The fraction of sp³-hybridized carbons (Fsp3) is 0.292. The second-order valence-corrected chi connectivity index (χ2v) is 8.14. The fourth-order valence-corrected chi connectivity index (χ4v) is 4.49. The highest BCUT2D eigenvalue weighted by Gasteiger charge is 2.28. The highest BCUT2D eigenvalue weighted by molar-refractivity contribution is 5.61. The van der Waals surface area contributed by atoms with Crippen LogP contribution in [0.3, 0.4) is 0 Å². The lowest BCUT2D eigenvalue weighted by atomic mass is 9.96. The number of aromatic nitrogens is 5. The summed E-state index contributed by atoms with van der Waals surface area (Å²) in [6, 6.07) is 14.7. The first-order chi connectivity index (χ1) is 15.0. The molecule has 0 spiro atoms. The molecule has 4 aromatic rings. The van der Waals surface area contributed by atoms with Crippen molar-refractivity contribution in [1.82, 2.24) is 24.3 Å². The Labute approximate surface area is 181 Å². The lowest BCUT2D eigenvalue weighted by Crippen LogP contribution is -2.31. The Kier molecular flexibility index (Phi) is 4.82. The van der Waals surface area contributed by atoms with Gasteiger partial charge in [-0.3, -0.25) is 4.68 Å². The molecular weight excluding hydrogens is 388 g/mol. The third kappa shape index (κ3) is 3.41. The summed E-state index contributed by atoms with van der Waals surface area (Å²) >= 11 is 0. The minimum absolute atomic E-state index is 0.0672. The first-order valence-electron chi connectivity index (χ1n) is 10.5. The van der Waals surface area contributed by atoms with E-state index in [4.69, 9.17) is 10.1 Å². The molecule has 2 aromatic carbocycles. The van der Waals surface area contributed by atoms with Crippen LogP contribution in [0.15, 0.2) is 55.0 Å². The Bertz CT molecular complexity index is 1240. The molecule has 31 heavy (non-hydrogen) atoms. The van der Waals surface area contributed by atoms with E-state index in [9.17, 15) is 5.11 Å². The second-order valence-electron chi connectivity index (χ2n) is 8.14. The molecule has 1 aliphatic rings. The standard InChI is InChI=1S/C24H26N6O/c1-16-13-30(15-25-16)21-10-9-18(12-19(21)14-31)23-26-24(29(3)27-23)22-11-8-17-6-4-5-7-20(17)28(22)2/h4-7,9-10,12-13,15,22,31H,8,11,14H2,1-3H3. The van der Waals surface area contributed by atoms with E-state index in [1.165, 1.54) is 11.3 Å². The molecule has 0 bridgehead atoms. The lowest BCUT2D eigenvalue weighted by molar-refractivity contribution is 0.281. The maximum Gasteiger partial charge on any atom is 0.181 e. The molecule has 7 nitrogen and oxygen atoms in total. The summed E-state index contributed by atoms with van der Waals surface area (Å²) < 4.78 is 3.81. The van der Waals surface area contributed by atoms with Crippen molar-refractivity contribution in [2.75, 3.05) is 11.9 Å². The Balaban J connectivity index is 1.49. The van der Waals surface area contributed by atoms with E-state index in [0.717, 1.165) is 41.2 Å². The number of nitrogens with zero attached hydrogens (tertiary/aromatic N) is 6. The van der Waals surface area contributed by atoms with Crippen LogP contribution in [0.1, 0.15) is 35.1 Å². The van der Waals surface area contributed by atoms with Crippen LogP contribution in [0, 0.1) is 6.92 Å². The van der Waals surface area contributed by atoms with E-state index < -0.39 is 0 Å². The zero-order chi connectivity index (χ0) is 21.5. The van der Waals surface area contributed by atoms with Crippen LogP contribution in [0.5, 0.6) is 0 Å². The number of aliphatic hydroxyl groups is 1. The average molecular weight is 415 g/mol. The summed E-state index contributed by atoms with van der Waals surface area (Å²) in [6.07, 6.45) is 5.74. The number of imidazole rings is 1. The van der Waals surface area contributed by atoms with Gasteiger partial charge in [0.1, 0.15) is 5.82 Å². The van der Waals surface area contributed by atoms with Gasteiger partial charge < -0.3 is 14.6 Å². The molecule has 2 aromatic heterocycles. The van der Waals surface area contributed by atoms with E-state index in [2.05, 4.69) is 41.2 Å². The summed E-state index contributed by atoms with van der Waals surface area (Å²) in [5, 5.41) is 14.7. The van der Waals surface area contributed by atoms with Crippen LogP contribution in [0.25, 0.3) is 17.1 Å². The third-order valence-corrected chi connectivity index (χ3v) is 6.12. The Morgan fingerprint density at radius 1 is 1.10 bits per heavy atom. The zero-order valence-corrected chi connectivity index (χ0v) is 18.0. The first kappa shape index (κ1) is 19.5. The molecule has 3 heterocycles. The third-order valence-electron chi connectivity index (χ3n) is 6.12. The molecule has 5 rings (SSSR count). The van der Waals surface area contributed by atoms with Crippen molar-refractivity contribution in [2.24, 2.45) is 7.05 Å². The molecule has 0 aliphatic carbocycles. The number of aliphatic hydroxyl groups excluding tert-OH is 1. The first-order valence-corrected chi connectivity index (χ1v) is 10.5. The Morgan fingerprint density at radius 3 is 2.71 bits per heavy atom. The lowest BCUT2D eigenvalue weighted by Gasteiger charge is -2.35. The van der Waals surface area contributed by atoms with Crippen molar-refractivity contribution in [3.63, 3.8) is 0 Å². The van der Waals surface area contributed by atoms with Crippen molar-refractivity contribution in [3.05, 3.63) is 77.6 Å². The van der Waals surface area contributed by atoms with Crippen molar-refractivity contribution in [1.29, 1.82) is 0 Å². The molecule has 0 fully saturated rings. The maximum atomic E-state index is 9.96. The van der Waals surface area contributed by atoms with Crippen molar-refractivity contribution in [2.45, 2.75) is 32.4 Å². The van der Waals surface area contributed by atoms with E-state index in [-0.39, 0.29) is 12.6 Å². The largest absolute Gasteiger partial charge is 0.392 e. The van der Waals surface area contributed by atoms with Crippen LogP contribution in [-0.2, 0) is 20.1 Å². The van der Waals surface area contributed by atoms with Crippen LogP contribution >= 0.6 is 0 Å². The number of hydrogen-bond acceptors (Lipinski definition) is 5. The van der Waals surface area contributed by atoms with Gasteiger partial charge in [-0.2, -0.15) is 5.10 Å². The van der Waals surface area contributed by atoms with E-state index >= 15 is 0 Å². The topological polar surface area (TPSA) is 72.0 Å². The van der Waals surface area contributed by atoms with E-state index in [1.54, 1.807) is 6.33 Å². The molecule has 1 atom stereocenters. The summed E-state index contributed by atoms with van der Waals surface area (Å²) in [7, 11) is 4.08. The maximum absolute atomic E-state index is 9.96. The molecule has 1 aliphatic heterocycles. The minimum Gasteiger partial charge on any atom is -0.392 e. The summed E-state index contributed by atoms with van der Waals surface area (Å²) in [4.78, 5) is 11.5. The van der Waals surface area contributed by atoms with Gasteiger partial charge in [0.15, 0.2) is 5.82 Å². The number of anilines is 1. The van der Waals surface area contributed by atoms with Crippen molar-refractivity contribution in [3.8, 4) is 17.1 Å². The molecule has 1 N–H and O–H groups in total. The molecular formula is C24H26N6O. The zero-order valence-electron chi connectivity index (χ0n) is 18.0. The number of fused-ring (bicyclic) bond motifs is 1. The monoisotopic (exact) mass is 414 g/mol.